The van der Waals surface area contributed by atoms with Gasteiger partial charge in [-0.25, -0.2) is 9.78 Å². The third-order valence-electron chi connectivity index (χ3n) is 2.95. The molecule has 0 aliphatic carbocycles. The Morgan fingerprint density at radius 1 is 1.35 bits per heavy atom. The van der Waals surface area contributed by atoms with Gasteiger partial charge in [0.05, 0.1) is 0 Å². The summed E-state index contributed by atoms with van der Waals surface area (Å²) in [4.78, 5) is 27.0. The number of rotatable bonds is 7. The molecule has 0 aliphatic heterocycles. The summed E-state index contributed by atoms with van der Waals surface area (Å²) < 4.78 is 40.8. The molecule has 128 valence electrons. The van der Waals surface area contributed by atoms with Gasteiger partial charge in [0, 0.05) is 6.07 Å². The molecule has 1 amide bonds. The van der Waals surface area contributed by atoms with Gasteiger partial charge in [-0.05, 0) is 19.4 Å². The minimum absolute atomic E-state index is 0.193. The van der Waals surface area contributed by atoms with E-state index in [9.17, 15) is 27.9 Å². The Bertz CT molecular complexity index is 577. The van der Waals surface area contributed by atoms with E-state index in [-0.39, 0.29) is 18.0 Å². The maximum atomic E-state index is 12.1. The molecule has 1 unspecified atom stereocenters. The minimum Gasteiger partial charge on any atom is -0.480 e. The van der Waals surface area contributed by atoms with Crippen LogP contribution in [-0.2, 0) is 4.79 Å². The average molecular weight is 334 g/mol. The Morgan fingerprint density at radius 2 is 2.00 bits per heavy atom. The van der Waals surface area contributed by atoms with E-state index in [0.717, 1.165) is 0 Å². The summed E-state index contributed by atoms with van der Waals surface area (Å²) in [6.45, 7) is 1.58. The van der Waals surface area contributed by atoms with Gasteiger partial charge in [0.2, 0.25) is 5.88 Å². The molecule has 1 heterocycles. The van der Waals surface area contributed by atoms with E-state index >= 15 is 0 Å². The SMILES string of the molecule is CCCC(C)(NC(=O)c1cccc(OCC(F)(F)F)n1)C(=O)O. The number of ether oxygens (including phenoxy) is 1. The van der Waals surface area contributed by atoms with Gasteiger partial charge in [0.15, 0.2) is 6.61 Å². The fraction of sp³-hybridized carbons (Fsp3) is 0.500. The second kappa shape index (κ2) is 7.30. The Hall–Kier alpha value is -2.32. The summed E-state index contributed by atoms with van der Waals surface area (Å²) in [7, 11) is 0. The van der Waals surface area contributed by atoms with Crippen molar-refractivity contribution < 1.29 is 32.6 Å². The standard InChI is InChI=1S/C14H17F3N2O4/c1-3-7-13(2,12(21)22)19-11(20)9-5-4-6-10(18-9)23-8-14(15,16)17/h4-6H,3,7-8H2,1-2H3,(H,19,20)(H,21,22). The summed E-state index contributed by atoms with van der Waals surface area (Å²) >= 11 is 0. The number of carbonyl (C=O) groups is 2. The van der Waals surface area contributed by atoms with Crippen LogP contribution in [0.15, 0.2) is 18.2 Å². The molecule has 1 rings (SSSR count). The first-order chi connectivity index (χ1) is 10.6. The second-order valence-corrected chi connectivity index (χ2v) is 5.11. The molecule has 1 atom stereocenters. The van der Waals surface area contributed by atoms with Gasteiger partial charge in [0.1, 0.15) is 11.2 Å². The number of aromatic nitrogens is 1. The van der Waals surface area contributed by atoms with Crippen molar-refractivity contribution in [2.24, 2.45) is 0 Å². The van der Waals surface area contributed by atoms with E-state index < -0.39 is 30.2 Å². The number of amides is 1. The van der Waals surface area contributed by atoms with E-state index in [4.69, 9.17) is 0 Å². The van der Waals surface area contributed by atoms with Crippen LogP contribution in [0.3, 0.4) is 0 Å². The summed E-state index contributed by atoms with van der Waals surface area (Å²) in [5, 5.41) is 11.5. The molecule has 0 radical (unpaired) electrons. The highest BCUT2D eigenvalue weighted by molar-refractivity contribution is 5.96. The van der Waals surface area contributed by atoms with Crippen LogP contribution >= 0.6 is 0 Å². The lowest BCUT2D eigenvalue weighted by Crippen LogP contribution is -2.52. The Balaban J connectivity index is 2.86. The fourth-order valence-electron chi connectivity index (χ4n) is 1.81. The van der Waals surface area contributed by atoms with Crippen LogP contribution in [0, 0.1) is 0 Å². The van der Waals surface area contributed by atoms with Gasteiger partial charge in [-0.1, -0.05) is 19.4 Å². The van der Waals surface area contributed by atoms with Crippen LogP contribution in [0.1, 0.15) is 37.2 Å². The van der Waals surface area contributed by atoms with Crippen molar-refractivity contribution >= 4 is 11.9 Å². The Labute approximate surface area is 130 Å². The number of carbonyl (C=O) groups excluding carboxylic acids is 1. The second-order valence-electron chi connectivity index (χ2n) is 5.11. The first-order valence-corrected chi connectivity index (χ1v) is 6.80. The van der Waals surface area contributed by atoms with Crippen LogP contribution < -0.4 is 10.1 Å². The van der Waals surface area contributed by atoms with Gasteiger partial charge in [0.25, 0.3) is 5.91 Å². The minimum atomic E-state index is -4.52. The largest absolute Gasteiger partial charge is 0.480 e. The van der Waals surface area contributed by atoms with Crippen LogP contribution in [0.5, 0.6) is 5.88 Å². The van der Waals surface area contributed by atoms with Crippen molar-refractivity contribution in [2.75, 3.05) is 6.61 Å². The summed E-state index contributed by atoms with van der Waals surface area (Å²) in [5.74, 6) is -2.39. The van der Waals surface area contributed by atoms with E-state index in [2.05, 4.69) is 15.0 Å². The quantitative estimate of drug-likeness (QED) is 0.799. The molecule has 0 bridgehead atoms. The lowest BCUT2D eigenvalue weighted by molar-refractivity contribution is -0.154. The predicted octanol–water partition coefficient (Wildman–Crippen LogP) is 2.40. The average Bonchev–Trinajstić information content (AvgIpc) is 2.44. The van der Waals surface area contributed by atoms with Crippen molar-refractivity contribution in [1.29, 1.82) is 0 Å². The normalized spacial score (nSPS) is 14.0. The number of hydrogen-bond acceptors (Lipinski definition) is 4. The molecule has 2 N–H and O–H groups in total. The Kier molecular flexibility index (Phi) is 5.94. The summed E-state index contributed by atoms with van der Waals surface area (Å²) in [6, 6.07) is 3.72. The molecule has 0 aromatic carbocycles. The van der Waals surface area contributed by atoms with Gasteiger partial charge in [-0.15, -0.1) is 0 Å². The topological polar surface area (TPSA) is 88.5 Å². The molecule has 23 heavy (non-hydrogen) atoms. The number of carboxylic acids is 1. The molecular formula is C14H17F3N2O4. The van der Waals surface area contributed by atoms with Crippen molar-refractivity contribution in [2.45, 2.75) is 38.4 Å². The van der Waals surface area contributed by atoms with Crippen molar-refractivity contribution in [3.05, 3.63) is 23.9 Å². The zero-order valence-corrected chi connectivity index (χ0v) is 12.6. The number of aliphatic carboxylic acids is 1. The zero-order valence-electron chi connectivity index (χ0n) is 12.6. The number of halogens is 3. The van der Waals surface area contributed by atoms with Gasteiger partial charge in [-0.2, -0.15) is 13.2 Å². The predicted molar refractivity (Wildman–Crippen MR) is 74.2 cm³/mol. The monoisotopic (exact) mass is 334 g/mol. The third kappa shape index (κ3) is 5.76. The maximum absolute atomic E-state index is 12.1. The number of alkyl halides is 3. The van der Waals surface area contributed by atoms with Gasteiger partial charge < -0.3 is 15.2 Å². The van der Waals surface area contributed by atoms with Crippen LogP contribution in [0.2, 0.25) is 0 Å². The zero-order chi connectivity index (χ0) is 17.7. The highest BCUT2D eigenvalue weighted by atomic mass is 19.4. The third-order valence-corrected chi connectivity index (χ3v) is 2.95. The number of nitrogens with one attached hydrogen (secondary N) is 1. The van der Waals surface area contributed by atoms with E-state index in [0.29, 0.717) is 6.42 Å². The molecule has 1 aromatic rings. The molecule has 0 fully saturated rings. The van der Waals surface area contributed by atoms with Crippen LogP contribution in [0.4, 0.5) is 13.2 Å². The van der Waals surface area contributed by atoms with Crippen molar-refractivity contribution in [1.82, 2.24) is 10.3 Å². The van der Waals surface area contributed by atoms with Crippen LogP contribution in [0.25, 0.3) is 0 Å². The molecular weight excluding hydrogens is 317 g/mol. The number of hydrogen-bond donors (Lipinski definition) is 2. The lowest BCUT2D eigenvalue weighted by atomic mass is 9.96. The highest BCUT2D eigenvalue weighted by Crippen LogP contribution is 2.18. The number of nitrogens with zero attached hydrogens (tertiary/aromatic N) is 1. The molecule has 9 heteroatoms. The summed E-state index contributed by atoms with van der Waals surface area (Å²) in [6.07, 6.45) is -3.81. The smallest absolute Gasteiger partial charge is 0.422 e. The molecule has 0 spiro atoms. The number of pyridine rings is 1. The van der Waals surface area contributed by atoms with Crippen molar-refractivity contribution in [3.8, 4) is 5.88 Å². The Morgan fingerprint density at radius 3 is 2.52 bits per heavy atom. The first kappa shape index (κ1) is 18.7. The number of carboxylic acid groups (broad SMARTS) is 1. The molecule has 0 saturated heterocycles. The summed E-state index contributed by atoms with van der Waals surface area (Å²) in [5.41, 5.74) is -1.72. The maximum Gasteiger partial charge on any atom is 0.422 e. The van der Waals surface area contributed by atoms with Crippen molar-refractivity contribution in [3.63, 3.8) is 0 Å². The highest BCUT2D eigenvalue weighted by Gasteiger charge is 2.34. The molecule has 0 saturated carbocycles. The van der Waals surface area contributed by atoms with Gasteiger partial charge >= 0.3 is 12.1 Å². The first-order valence-electron chi connectivity index (χ1n) is 6.80. The molecule has 6 nitrogen and oxygen atoms in total. The van der Waals surface area contributed by atoms with E-state index in [1.54, 1.807) is 6.92 Å². The lowest BCUT2D eigenvalue weighted by Gasteiger charge is -2.25. The van der Waals surface area contributed by atoms with E-state index in [1.165, 1.54) is 25.1 Å². The fourth-order valence-corrected chi connectivity index (χ4v) is 1.81. The van der Waals surface area contributed by atoms with Gasteiger partial charge in [-0.3, -0.25) is 4.79 Å². The molecule has 1 aromatic heterocycles. The molecule has 0 aliphatic rings. The van der Waals surface area contributed by atoms with Crippen LogP contribution in [-0.4, -0.2) is 40.3 Å². The van der Waals surface area contributed by atoms with E-state index in [1.807, 2.05) is 0 Å².